The van der Waals surface area contributed by atoms with Crippen LogP contribution in [0.4, 0.5) is 0 Å². The highest BCUT2D eigenvalue weighted by molar-refractivity contribution is 9.10. The highest BCUT2D eigenvalue weighted by Crippen LogP contribution is 2.34. The minimum Gasteiger partial charge on any atom is -0.339 e. The lowest BCUT2D eigenvalue weighted by molar-refractivity contribution is 0.0659. The maximum absolute atomic E-state index is 13.5. The number of nitrogens with zero attached hydrogens (tertiary/aromatic N) is 4. The molecule has 1 fully saturated rings. The van der Waals surface area contributed by atoms with E-state index in [1.165, 1.54) is 3.97 Å². The highest BCUT2D eigenvalue weighted by atomic mass is 79.9. The Morgan fingerprint density at radius 2 is 1.70 bits per heavy atom. The van der Waals surface area contributed by atoms with E-state index in [9.17, 15) is 13.2 Å². The van der Waals surface area contributed by atoms with Crippen LogP contribution in [0.15, 0.2) is 76.4 Å². The highest BCUT2D eigenvalue weighted by Gasteiger charge is 2.26. The summed E-state index contributed by atoms with van der Waals surface area (Å²) in [5.41, 5.74) is 3.47. The molecule has 0 aliphatic carbocycles. The van der Waals surface area contributed by atoms with Gasteiger partial charge in [-0.25, -0.2) is 17.4 Å². The van der Waals surface area contributed by atoms with Gasteiger partial charge in [0.1, 0.15) is 0 Å². The number of benzene rings is 2. The summed E-state index contributed by atoms with van der Waals surface area (Å²) < 4.78 is 29.1. The number of carbonyl (C=O) groups excluding carboxylic acids is 1. The van der Waals surface area contributed by atoms with Crippen molar-refractivity contribution in [2.45, 2.75) is 30.7 Å². The third kappa shape index (κ3) is 4.95. The zero-order chi connectivity index (χ0) is 26.3. The monoisotopic (exact) mass is 580 g/mol. The quantitative estimate of drug-likeness (QED) is 0.325. The molecule has 7 nitrogen and oxygen atoms in total. The fraction of sp³-hybridized carbons (Fsp3) is 0.286. The minimum absolute atomic E-state index is 0.00473. The molecular weight excluding hydrogens is 552 g/mol. The molecular formula is C28H29BrN4O3S. The molecule has 2 aromatic carbocycles. The zero-order valence-corrected chi connectivity index (χ0v) is 23.5. The number of halogens is 1. The van der Waals surface area contributed by atoms with E-state index in [0.29, 0.717) is 16.6 Å². The number of likely N-dealkylation sites (tertiary alicyclic amines) is 1. The van der Waals surface area contributed by atoms with E-state index >= 15 is 0 Å². The Kier molecular flexibility index (Phi) is 6.95. The van der Waals surface area contributed by atoms with E-state index in [0.717, 1.165) is 47.1 Å². The second kappa shape index (κ2) is 10.0. The maximum atomic E-state index is 13.5. The second-order valence-electron chi connectivity index (χ2n) is 9.71. The molecule has 2 aromatic heterocycles. The second-order valence-corrected chi connectivity index (χ2v) is 12.4. The van der Waals surface area contributed by atoms with E-state index in [4.69, 9.17) is 0 Å². The first-order chi connectivity index (χ1) is 17.6. The van der Waals surface area contributed by atoms with Gasteiger partial charge >= 0.3 is 0 Å². The minimum atomic E-state index is -3.86. The Bertz CT molecular complexity index is 1560. The van der Waals surface area contributed by atoms with Gasteiger partial charge in [-0.3, -0.25) is 4.79 Å². The summed E-state index contributed by atoms with van der Waals surface area (Å²) in [5.74, 6) is -0.00473. The van der Waals surface area contributed by atoms with Gasteiger partial charge in [-0.15, -0.1) is 0 Å². The molecule has 0 spiro atoms. The van der Waals surface area contributed by atoms with Crippen LogP contribution in [0.2, 0.25) is 0 Å². The van der Waals surface area contributed by atoms with Crippen LogP contribution < -0.4 is 0 Å². The number of aryl methyl sites for hydroxylation is 1. The molecule has 4 aromatic rings. The first-order valence-corrected chi connectivity index (χ1v) is 14.4. The van der Waals surface area contributed by atoms with Gasteiger partial charge in [-0.2, -0.15) is 0 Å². The molecule has 1 aliphatic heterocycles. The molecule has 37 heavy (non-hydrogen) atoms. The van der Waals surface area contributed by atoms with Crippen LogP contribution in [0, 0.1) is 6.92 Å². The molecule has 1 amide bonds. The van der Waals surface area contributed by atoms with Gasteiger partial charge < -0.3 is 9.80 Å². The lowest BCUT2D eigenvalue weighted by atomic mass is 10.0. The summed E-state index contributed by atoms with van der Waals surface area (Å²) >= 11 is 3.47. The molecule has 0 unspecified atom stereocenters. The lowest BCUT2D eigenvalue weighted by Crippen LogP contribution is -2.44. The van der Waals surface area contributed by atoms with Crippen LogP contribution in [0.3, 0.4) is 0 Å². The third-order valence-corrected chi connectivity index (χ3v) is 9.25. The average molecular weight is 582 g/mol. The molecule has 0 radical (unpaired) electrons. The van der Waals surface area contributed by atoms with E-state index in [1.54, 1.807) is 36.7 Å². The molecule has 0 N–H and O–H groups in total. The number of amides is 1. The predicted octanol–water partition coefficient (Wildman–Crippen LogP) is 5.18. The van der Waals surface area contributed by atoms with Gasteiger partial charge in [0.05, 0.1) is 4.90 Å². The van der Waals surface area contributed by atoms with Crippen molar-refractivity contribution >= 4 is 42.9 Å². The first kappa shape index (κ1) is 25.6. The van der Waals surface area contributed by atoms with Crippen LogP contribution in [0.25, 0.3) is 22.2 Å². The predicted molar refractivity (Wildman–Crippen MR) is 149 cm³/mol. The maximum Gasteiger partial charge on any atom is 0.269 e. The Morgan fingerprint density at radius 3 is 2.35 bits per heavy atom. The molecule has 3 heterocycles. The van der Waals surface area contributed by atoms with Gasteiger partial charge in [0.25, 0.3) is 15.9 Å². The molecule has 1 aliphatic rings. The summed E-state index contributed by atoms with van der Waals surface area (Å²) in [7, 11) is 0.122. The Labute approximate surface area is 225 Å². The number of rotatable bonds is 5. The number of aromatic nitrogens is 2. The molecule has 0 bridgehead atoms. The summed E-state index contributed by atoms with van der Waals surface area (Å²) in [6, 6.07) is 16.2. The molecule has 1 saturated heterocycles. The number of fused-ring (bicyclic) bond motifs is 1. The topological polar surface area (TPSA) is 75.5 Å². The number of hydrogen-bond acceptors (Lipinski definition) is 5. The summed E-state index contributed by atoms with van der Waals surface area (Å²) in [4.78, 5) is 21.9. The number of hydrogen-bond donors (Lipinski definition) is 0. The number of piperidine rings is 1. The first-order valence-electron chi connectivity index (χ1n) is 12.2. The van der Waals surface area contributed by atoms with Crippen LogP contribution in [0.5, 0.6) is 0 Å². The van der Waals surface area contributed by atoms with Crippen molar-refractivity contribution in [3.63, 3.8) is 0 Å². The Hall–Kier alpha value is -3.01. The van der Waals surface area contributed by atoms with Gasteiger partial charge in [-0.05, 0) is 91.7 Å². The third-order valence-electron chi connectivity index (χ3n) is 7.16. The summed E-state index contributed by atoms with van der Waals surface area (Å²) in [6.45, 7) is 3.89. The van der Waals surface area contributed by atoms with Crippen molar-refractivity contribution in [2.24, 2.45) is 0 Å². The van der Waals surface area contributed by atoms with E-state index in [1.807, 2.05) is 49.2 Å². The fourth-order valence-corrected chi connectivity index (χ4v) is 6.49. The van der Waals surface area contributed by atoms with Crippen molar-refractivity contribution in [1.29, 1.82) is 0 Å². The van der Waals surface area contributed by atoms with Crippen LogP contribution >= 0.6 is 15.9 Å². The molecule has 9 heteroatoms. The van der Waals surface area contributed by atoms with Crippen molar-refractivity contribution in [3.8, 4) is 11.1 Å². The zero-order valence-electron chi connectivity index (χ0n) is 21.1. The van der Waals surface area contributed by atoms with E-state index in [-0.39, 0.29) is 16.8 Å². The lowest BCUT2D eigenvalue weighted by Gasteiger charge is -2.35. The standard InChI is InChI=1S/C28H29BrN4O3S/c1-19-4-10-24(11-5-19)37(35,36)33-18-26(25-16-22(29)17-30-27(25)33)20-6-8-21(9-7-20)28(34)32(3)23-12-14-31(2)15-13-23/h4-11,16-18,23H,12-15H2,1-3H3. The van der Waals surface area contributed by atoms with Gasteiger partial charge in [0.2, 0.25) is 0 Å². The smallest absolute Gasteiger partial charge is 0.269 e. The van der Waals surface area contributed by atoms with Crippen LogP contribution in [-0.4, -0.2) is 66.3 Å². The fourth-order valence-electron chi connectivity index (χ4n) is 4.83. The molecule has 0 atom stereocenters. The van der Waals surface area contributed by atoms with Crippen molar-refractivity contribution < 1.29 is 13.2 Å². The average Bonchev–Trinajstić information content (AvgIpc) is 3.28. The van der Waals surface area contributed by atoms with Crippen molar-refractivity contribution in [2.75, 3.05) is 27.2 Å². The largest absolute Gasteiger partial charge is 0.339 e. The molecule has 0 saturated carbocycles. The van der Waals surface area contributed by atoms with Gasteiger partial charge in [0.15, 0.2) is 5.65 Å². The van der Waals surface area contributed by atoms with E-state index in [2.05, 4.69) is 32.9 Å². The van der Waals surface area contributed by atoms with Gasteiger partial charge in [0, 0.05) is 46.5 Å². The van der Waals surface area contributed by atoms with Crippen molar-refractivity contribution in [3.05, 3.63) is 82.6 Å². The van der Waals surface area contributed by atoms with Crippen LogP contribution in [-0.2, 0) is 10.0 Å². The molecule has 192 valence electrons. The Balaban J connectivity index is 1.50. The van der Waals surface area contributed by atoms with Gasteiger partial charge in [-0.1, -0.05) is 29.8 Å². The number of carbonyl (C=O) groups is 1. The normalized spacial score (nSPS) is 15.2. The van der Waals surface area contributed by atoms with Crippen molar-refractivity contribution in [1.82, 2.24) is 18.8 Å². The SMILES string of the molecule is Cc1ccc(S(=O)(=O)n2cc(-c3ccc(C(=O)N(C)C4CCN(C)CC4)cc3)c3cc(Br)cnc32)cc1. The number of pyridine rings is 1. The summed E-state index contributed by atoms with van der Waals surface area (Å²) in [6.07, 6.45) is 5.13. The Morgan fingerprint density at radius 1 is 1.05 bits per heavy atom. The summed E-state index contributed by atoms with van der Waals surface area (Å²) in [5, 5.41) is 0.701. The van der Waals surface area contributed by atoms with E-state index < -0.39 is 10.0 Å². The van der Waals surface area contributed by atoms with Crippen LogP contribution in [0.1, 0.15) is 28.8 Å². The molecule has 5 rings (SSSR count).